The summed E-state index contributed by atoms with van der Waals surface area (Å²) in [6.07, 6.45) is 5.04. The summed E-state index contributed by atoms with van der Waals surface area (Å²) in [5, 5.41) is 0.692. The number of nitrogens with zero attached hydrogens (tertiary/aromatic N) is 2. The normalized spacial score (nSPS) is 11.7. The van der Waals surface area contributed by atoms with Gasteiger partial charge in [0.25, 0.3) is 5.56 Å². The zero-order chi connectivity index (χ0) is 22.3. The summed E-state index contributed by atoms with van der Waals surface area (Å²) in [5.74, 6) is 1.04. The van der Waals surface area contributed by atoms with Crippen LogP contribution in [0.4, 0.5) is 0 Å². The van der Waals surface area contributed by atoms with Gasteiger partial charge in [-0.1, -0.05) is 6.92 Å². The lowest BCUT2D eigenvalue weighted by Crippen LogP contribution is -2.15. The number of aromatic amines is 1. The maximum atomic E-state index is 12.5. The highest BCUT2D eigenvalue weighted by Crippen LogP contribution is 2.39. The molecule has 8 heteroatoms. The molecule has 0 aliphatic carbocycles. The van der Waals surface area contributed by atoms with Gasteiger partial charge in [-0.3, -0.25) is 9.78 Å². The quantitative estimate of drug-likeness (QED) is 0.507. The summed E-state index contributed by atoms with van der Waals surface area (Å²) in [5.41, 5.74) is 3.34. The van der Waals surface area contributed by atoms with Gasteiger partial charge in [0.05, 0.1) is 16.8 Å². The average molecular weight is 438 g/mol. The van der Waals surface area contributed by atoms with E-state index in [-0.39, 0.29) is 16.2 Å². The molecule has 7 nitrogen and oxygen atoms in total. The Morgan fingerprint density at radius 3 is 2.58 bits per heavy atom. The number of benzene rings is 1. The van der Waals surface area contributed by atoms with Gasteiger partial charge >= 0.3 is 0 Å². The van der Waals surface area contributed by atoms with Crippen molar-refractivity contribution >= 4 is 20.7 Å². The molecule has 0 unspecified atom stereocenters. The van der Waals surface area contributed by atoms with Crippen LogP contribution < -0.4 is 10.3 Å². The number of H-pyrrole nitrogens is 1. The number of sulfone groups is 1. The van der Waals surface area contributed by atoms with E-state index in [0.717, 1.165) is 11.3 Å². The van der Waals surface area contributed by atoms with Crippen molar-refractivity contribution in [2.45, 2.75) is 25.7 Å². The molecule has 0 spiro atoms. The molecule has 31 heavy (non-hydrogen) atoms. The molecule has 0 saturated heterocycles. The fourth-order valence-electron chi connectivity index (χ4n) is 3.52. The summed E-state index contributed by atoms with van der Waals surface area (Å²) >= 11 is 0. The third-order valence-electron chi connectivity index (χ3n) is 5.32. The average Bonchev–Trinajstić information content (AvgIpc) is 3.17. The SMILES string of the molecule is CCS(=O)(=O)c1ccc(Oc2cnc(C)cc2C)c(-c2c[nH]c3c(=O)n(C)ccc23)c1. The van der Waals surface area contributed by atoms with Crippen molar-refractivity contribution in [3.8, 4) is 22.6 Å². The number of aryl methyl sites for hydroxylation is 3. The van der Waals surface area contributed by atoms with E-state index >= 15 is 0 Å². The van der Waals surface area contributed by atoms with Gasteiger partial charge in [0.15, 0.2) is 9.84 Å². The molecule has 1 N–H and O–H groups in total. The number of fused-ring (bicyclic) bond motifs is 1. The minimum absolute atomic E-state index is 0.0118. The van der Waals surface area contributed by atoms with E-state index in [2.05, 4.69) is 9.97 Å². The van der Waals surface area contributed by atoms with Crippen molar-refractivity contribution in [1.82, 2.24) is 14.5 Å². The summed E-state index contributed by atoms with van der Waals surface area (Å²) in [6.45, 7) is 5.43. The van der Waals surface area contributed by atoms with Crippen LogP contribution in [-0.4, -0.2) is 28.7 Å². The smallest absolute Gasteiger partial charge is 0.274 e. The van der Waals surface area contributed by atoms with Crippen molar-refractivity contribution in [3.63, 3.8) is 0 Å². The lowest BCUT2D eigenvalue weighted by molar-refractivity contribution is 0.477. The first-order chi connectivity index (χ1) is 14.7. The number of aromatic nitrogens is 3. The van der Waals surface area contributed by atoms with Gasteiger partial charge in [0.1, 0.15) is 17.0 Å². The van der Waals surface area contributed by atoms with Gasteiger partial charge in [-0.15, -0.1) is 0 Å². The molecule has 160 valence electrons. The van der Waals surface area contributed by atoms with E-state index in [1.807, 2.05) is 26.0 Å². The predicted octanol–water partition coefficient (Wildman–Crippen LogP) is 4.13. The van der Waals surface area contributed by atoms with Crippen molar-refractivity contribution in [1.29, 1.82) is 0 Å². The minimum atomic E-state index is -3.43. The summed E-state index contributed by atoms with van der Waals surface area (Å²) < 4.78 is 32.7. The van der Waals surface area contributed by atoms with Gasteiger partial charge in [-0.25, -0.2) is 8.42 Å². The number of pyridine rings is 2. The molecule has 0 fully saturated rings. The minimum Gasteiger partial charge on any atom is -0.455 e. The highest BCUT2D eigenvalue weighted by Gasteiger charge is 2.19. The first-order valence-electron chi connectivity index (χ1n) is 9.86. The number of rotatable bonds is 5. The number of hydrogen-bond donors (Lipinski definition) is 1. The van der Waals surface area contributed by atoms with Crippen molar-refractivity contribution in [3.05, 3.63) is 70.5 Å². The maximum absolute atomic E-state index is 12.5. The molecule has 0 aliphatic heterocycles. The second kappa shape index (κ2) is 7.70. The molecule has 3 heterocycles. The fraction of sp³-hybridized carbons (Fsp3) is 0.217. The topological polar surface area (TPSA) is 94.1 Å². The molecule has 0 aliphatic rings. The van der Waals surface area contributed by atoms with Crippen LogP contribution in [-0.2, 0) is 16.9 Å². The van der Waals surface area contributed by atoms with Gasteiger partial charge in [-0.2, -0.15) is 0 Å². The van der Waals surface area contributed by atoms with E-state index in [0.29, 0.717) is 33.5 Å². The third kappa shape index (κ3) is 3.74. The Balaban J connectivity index is 1.95. The standard InChI is InChI=1S/C23H23N3O4S/c1-5-31(28,29)16-6-7-20(30-21-13-24-15(3)10-14(21)2)18(11-16)19-12-25-22-17(19)8-9-26(4)23(22)27/h6-13,25H,5H2,1-4H3. The monoisotopic (exact) mass is 437 g/mol. The Bertz CT molecular complexity index is 1470. The molecule has 0 atom stereocenters. The van der Waals surface area contributed by atoms with Gasteiger partial charge in [-0.05, 0) is 49.7 Å². The summed E-state index contributed by atoms with van der Waals surface area (Å²) in [4.78, 5) is 20.0. The molecule has 4 rings (SSSR count). The first-order valence-corrected chi connectivity index (χ1v) is 11.5. The van der Waals surface area contributed by atoms with E-state index in [9.17, 15) is 13.2 Å². The molecule has 0 radical (unpaired) electrons. The van der Waals surface area contributed by atoms with Crippen molar-refractivity contribution in [2.24, 2.45) is 7.05 Å². The van der Waals surface area contributed by atoms with E-state index in [1.54, 1.807) is 50.8 Å². The molecule has 3 aromatic heterocycles. The Kier molecular flexibility index (Phi) is 5.18. The van der Waals surface area contributed by atoms with Crippen LogP contribution in [0, 0.1) is 13.8 Å². The Morgan fingerprint density at radius 2 is 1.87 bits per heavy atom. The van der Waals surface area contributed by atoms with Crippen LogP contribution in [0.5, 0.6) is 11.5 Å². The van der Waals surface area contributed by atoms with Crippen molar-refractivity contribution < 1.29 is 13.2 Å². The third-order valence-corrected chi connectivity index (χ3v) is 7.05. The second-order valence-electron chi connectivity index (χ2n) is 7.48. The highest BCUT2D eigenvalue weighted by atomic mass is 32.2. The molecular weight excluding hydrogens is 414 g/mol. The van der Waals surface area contributed by atoms with Crippen molar-refractivity contribution in [2.75, 3.05) is 5.75 Å². The molecule has 4 aromatic rings. The van der Waals surface area contributed by atoms with E-state index < -0.39 is 9.84 Å². The maximum Gasteiger partial charge on any atom is 0.274 e. The zero-order valence-corrected chi connectivity index (χ0v) is 18.6. The number of nitrogens with one attached hydrogen (secondary N) is 1. The van der Waals surface area contributed by atoms with Crippen LogP contribution in [0.1, 0.15) is 18.2 Å². The van der Waals surface area contributed by atoms with E-state index in [1.165, 1.54) is 4.57 Å². The summed E-state index contributed by atoms with van der Waals surface area (Å²) in [6, 6.07) is 8.54. The van der Waals surface area contributed by atoms with Crippen LogP contribution in [0.25, 0.3) is 22.0 Å². The Hall–Kier alpha value is -3.39. The number of ether oxygens (including phenoxy) is 1. The van der Waals surface area contributed by atoms with Crippen LogP contribution in [0.3, 0.4) is 0 Å². The molecular formula is C23H23N3O4S. The Labute approximate surface area is 180 Å². The molecule has 0 saturated carbocycles. The van der Waals surface area contributed by atoms with Crippen LogP contribution >= 0.6 is 0 Å². The van der Waals surface area contributed by atoms with Crippen LogP contribution in [0.2, 0.25) is 0 Å². The summed E-state index contributed by atoms with van der Waals surface area (Å²) in [7, 11) is -1.75. The van der Waals surface area contributed by atoms with E-state index in [4.69, 9.17) is 4.74 Å². The highest BCUT2D eigenvalue weighted by molar-refractivity contribution is 7.91. The second-order valence-corrected chi connectivity index (χ2v) is 9.76. The lowest BCUT2D eigenvalue weighted by atomic mass is 10.0. The lowest BCUT2D eigenvalue weighted by Gasteiger charge is -2.14. The Morgan fingerprint density at radius 1 is 1.10 bits per heavy atom. The largest absolute Gasteiger partial charge is 0.455 e. The number of hydrogen-bond acceptors (Lipinski definition) is 5. The van der Waals surface area contributed by atoms with Crippen LogP contribution in [0.15, 0.2) is 58.6 Å². The fourth-order valence-corrected chi connectivity index (χ4v) is 4.42. The van der Waals surface area contributed by atoms with Gasteiger partial charge in [0, 0.05) is 41.6 Å². The molecule has 0 bridgehead atoms. The first kappa shape index (κ1) is 20.9. The zero-order valence-electron chi connectivity index (χ0n) is 17.8. The predicted molar refractivity (Wildman–Crippen MR) is 120 cm³/mol. The molecule has 0 amide bonds. The van der Waals surface area contributed by atoms with Gasteiger partial charge in [0.2, 0.25) is 0 Å². The molecule has 1 aromatic carbocycles. The van der Waals surface area contributed by atoms with Gasteiger partial charge < -0.3 is 14.3 Å².